The summed E-state index contributed by atoms with van der Waals surface area (Å²) >= 11 is 1.62. The SMILES string of the molecule is CN(C)Cc1cc(O[B]O)cs1. The van der Waals surface area contributed by atoms with Gasteiger partial charge in [0, 0.05) is 16.8 Å². The summed E-state index contributed by atoms with van der Waals surface area (Å²) in [4.78, 5) is 3.30. The summed E-state index contributed by atoms with van der Waals surface area (Å²) in [5.41, 5.74) is 0. The summed E-state index contributed by atoms with van der Waals surface area (Å²) in [6.07, 6.45) is 0. The summed E-state index contributed by atoms with van der Waals surface area (Å²) in [6.45, 7) is 0.902. The van der Waals surface area contributed by atoms with Crippen LogP contribution in [0.1, 0.15) is 4.88 Å². The average Bonchev–Trinajstić information content (AvgIpc) is 2.36. The van der Waals surface area contributed by atoms with E-state index < -0.39 is 0 Å². The van der Waals surface area contributed by atoms with Crippen LogP contribution in [-0.4, -0.2) is 31.7 Å². The van der Waals surface area contributed by atoms with Gasteiger partial charge in [0.2, 0.25) is 0 Å². The predicted molar refractivity (Wildman–Crippen MR) is 50.3 cm³/mol. The molecule has 12 heavy (non-hydrogen) atoms. The molecule has 1 radical (unpaired) electrons. The largest absolute Gasteiger partial charge is 0.569 e. The molecule has 0 spiro atoms. The highest BCUT2D eigenvalue weighted by Crippen LogP contribution is 2.21. The molecule has 1 rings (SSSR count). The van der Waals surface area contributed by atoms with Crippen molar-refractivity contribution in [3.8, 4) is 5.75 Å². The van der Waals surface area contributed by atoms with Gasteiger partial charge in [-0.3, -0.25) is 0 Å². The number of rotatable bonds is 4. The maximum atomic E-state index is 8.36. The molecule has 0 saturated carbocycles. The molecule has 0 aliphatic rings. The normalized spacial score (nSPS) is 10.3. The van der Waals surface area contributed by atoms with Gasteiger partial charge >= 0.3 is 7.69 Å². The molecule has 1 heterocycles. The maximum Gasteiger partial charge on any atom is 0.569 e. The molecular formula is C7H11BNO2S. The number of hydrogen-bond acceptors (Lipinski definition) is 4. The van der Waals surface area contributed by atoms with Crippen LogP contribution in [0.15, 0.2) is 11.4 Å². The van der Waals surface area contributed by atoms with Gasteiger partial charge in [0.15, 0.2) is 0 Å². The molecular weight excluding hydrogens is 173 g/mol. The minimum Gasteiger partial charge on any atom is -0.537 e. The van der Waals surface area contributed by atoms with Crippen LogP contribution in [0.3, 0.4) is 0 Å². The van der Waals surface area contributed by atoms with Crippen molar-refractivity contribution in [3.05, 3.63) is 16.3 Å². The van der Waals surface area contributed by atoms with Crippen molar-refractivity contribution in [3.63, 3.8) is 0 Å². The lowest BCUT2D eigenvalue weighted by molar-refractivity contribution is 0.405. The van der Waals surface area contributed by atoms with Crippen LogP contribution in [0.2, 0.25) is 0 Å². The molecule has 0 unspecified atom stereocenters. The molecule has 65 valence electrons. The van der Waals surface area contributed by atoms with Gasteiger partial charge in [-0.25, -0.2) is 0 Å². The smallest absolute Gasteiger partial charge is 0.537 e. The van der Waals surface area contributed by atoms with Gasteiger partial charge in [-0.15, -0.1) is 11.3 Å². The maximum absolute atomic E-state index is 8.36. The van der Waals surface area contributed by atoms with E-state index in [0.29, 0.717) is 13.4 Å². The molecule has 0 amide bonds. The Morgan fingerprint density at radius 2 is 2.42 bits per heavy atom. The molecule has 0 aromatic carbocycles. The van der Waals surface area contributed by atoms with E-state index in [-0.39, 0.29) is 0 Å². The Morgan fingerprint density at radius 1 is 1.67 bits per heavy atom. The van der Waals surface area contributed by atoms with Crippen molar-refractivity contribution < 1.29 is 9.68 Å². The Labute approximate surface area is 76.9 Å². The Morgan fingerprint density at radius 3 is 3.00 bits per heavy atom. The fraction of sp³-hybridized carbons (Fsp3) is 0.429. The van der Waals surface area contributed by atoms with Crippen LogP contribution in [0.5, 0.6) is 5.75 Å². The molecule has 3 nitrogen and oxygen atoms in total. The van der Waals surface area contributed by atoms with Gasteiger partial charge in [0.1, 0.15) is 5.75 Å². The van der Waals surface area contributed by atoms with Crippen molar-refractivity contribution in [1.82, 2.24) is 4.90 Å². The van der Waals surface area contributed by atoms with Crippen molar-refractivity contribution in [2.45, 2.75) is 6.54 Å². The van der Waals surface area contributed by atoms with Gasteiger partial charge in [0.25, 0.3) is 0 Å². The van der Waals surface area contributed by atoms with Crippen LogP contribution in [-0.2, 0) is 6.54 Å². The lowest BCUT2D eigenvalue weighted by atomic mass is 10.4. The first-order chi connectivity index (χ1) is 5.72. The third-order valence-electron chi connectivity index (χ3n) is 1.29. The highest BCUT2D eigenvalue weighted by molar-refractivity contribution is 7.10. The summed E-state index contributed by atoms with van der Waals surface area (Å²) in [7, 11) is 4.72. The van der Waals surface area contributed by atoms with E-state index in [1.165, 1.54) is 4.88 Å². The van der Waals surface area contributed by atoms with Crippen LogP contribution < -0.4 is 4.65 Å². The zero-order chi connectivity index (χ0) is 8.97. The number of thiophene rings is 1. The first-order valence-corrected chi connectivity index (χ1v) is 4.45. The van der Waals surface area contributed by atoms with Crippen molar-refractivity contribution in [1.29, 1.82) is 0 Å². The third kappa shape index (κ3) is 2.85. The molecule has 0 saturated heterocycles. The van der Waals surface area contributed by atoms with Crippen molar-refractivity contribution >= 4 is 19.0 Å². The second kappa shape index (κ2) is 4.50. The summed E-state index contributed by atoms with van der Waals surface area (Å²) in [5, 5.41) is 10.2. The van der Waals surface area contributed by atoms with E-state index in [1.807, 2.05) is 25.5 Å². The van der Waals surface area contributed by atoms with Crippen molar-refractivity contribution in [2.24, 2.45) is 0 Å². The minimum absolute atomic E-state index is 0.694. The van der Waals surface area contributed by atoms with Gasteiger partial charge in [-0.1, -0.05) is 0 Å². The van der Waals surface area contributed by atoms with Gasteiger partial charge in [-0.05, 0) is 20.2 Å². The van der Waals surface area contributed by atoms with Crippen LogP contribution in [0, 0.1) is 0 Å². The van der Waals surface area contributed by atoms with Crippen LogP contribution >= 0.6 is 11.3 Å². The monoisotopic (exact) mass is 184 g/mol. The average molecular weight is 184 g/mol. The Bertz CT molecular complexity index is 239. The van der Waals surface area contributed by atoms with Gasteiger partial charge < -0.3 is 14.6 Å². The molecule has 5 heteroatoms. The number of hydrogen-bond donors (Lipinski definition) is 1. The molecule has 1 aromatic heterocycles. The van der Waals surface area contributed by atoms with E-state index >= 15 is 0 Å². The molecule has 0 aliphatic heterocycles. The zero-order valence-electron chi connectivity index (χ0n) is 7.15. The van der Waals surface area contributed by atoms with Crippen LogP contribution in [0.4, 0.5) is 0 Å². The van der Waals surface area contributed by atoms with E-state index in [2.05, 4.69) is 4.90 Å². The highest BCUT2D eigenvalue weighted by atomic mass is 32.1. The minimum atomic E-state index is 0.694. The highest BCUT2D eigenvalue weighted by Gasteiger charge is 2.01. The Balaban J connectivity index is 2.52. The first kappa shape index (κ1) is 9.57. The van der Waals surface area contributed by atoms with Crippen molar-refractivity contribution in [2.75, 3.05) is 14.1 Å². The predicted octanol–water partition coefficient (Wildman–Crippen LogP) is 0.715. The second-order valence-corrected chi connectivity index (χ2v) is 3.71. The second-order valence-electron chi connectivity index (χ2n) is 2.71. The van der Waals surface area contributed by atoms with E-state index in [0.717, 1.165) is 6.54 Å². The Hall–Kier alpha value is -0.515. The topological polar surface area (TPSA) is 32.7 Å². The first-order valence-electron chi connectivity index (χ1n) is 3.57. The standard InChI is InChI=1S/C7H11BNO2S/c1-9(2)4-7-3-6(5-12-7)11-8-10/h3,5,10H,4H2,1-2H3. The van der Waals surface area contributed by atoms with Gasteiger partial charge in [-0.2, -0.15) is 0 Å². The summed E-state index contributed by atoms with van der Waals surface area (Å²) < 4.78 is 4.79. The van der Waals surface area contributed by atoms with Gasteiger partial charge in [0.05, 0.1) is 0 Å². The number of nitrogens with zero attached hydrogens (tertiary/aromatic N) is 1. The fourth-order valence-corrected chi connectivity index (χ4v) is 1.79. The van der Waals surface area contributed by atoms with Crippen LogP contribution in [0.25, 0.3) is 0 Å². The third-order valence-corrected chi connectivity index (χ3v) is 2.19. The summed E-state index contributed by atoms with van der Waals surface area (Å²) in [6, 6.07) is 1.91. The molecule has 0 bridgehead atoms. The molecule has 0 aliphatic carbocycles. The zero-order valence-corrected chi connectivity index (χ0v) is 7.97. The summed E-state index contributed by atoms with van der Waals surface area (Å²) in [5.74, 6) is 0.694. The quantitative estimate of drug-likeness (QED) is 0.699. The fourth-order valence-electron chi connectivity index (χ4n) is 0.878. The lowest BCUT2D eigenvalue weighted by Gasteiger charge is -2.05. The van der Waals surface area contributed by atoms with E-state index in [9.17, 15) is 0 Å². The van der Waals surface area contributed by atoms with E-state index in [4.69, 9.17) is 9.68 Å². The molecule has 0 fully saturated rings. The molecule has 1 aromatic rings. The molecule has 1 N–H and O–H groups in total. The van der Waals surface area contributed by atoms with E-state index in [1.54, 1.807) is 11.3 Å². The Kier molecular flexibility index (Phi) is 3.59. The molecule has 0 atom stereocenters. The lowest BCUT2D eigenvalue weighted by Crippen LogP contribution is -2.09.